The van der Waals surface area contributed by atoms with Crippen molar-refractivity contribution in [3.8, 4) is 0 Å². The monoisotopic (exact) mass is 290 g/mol. The SMILES string of the molecule is CCn1nc(CC(=O)CSCC(C)C)c2ccccc21. The lowest BCUT2D eigenvalue weighted by Crippen LogP contribution is -2.08. The van der Waals surface area contributed by atoms with E-state index in [1.807, 2.05) is 16.8 Å². The molecule has 3 nitrogen and oxygen atoms in total. The van der Waals surface area contributed by atoms with Crippen LogP contribution < -0.4 is 0 Å². The van der Waals surface area contributed by atoms with Crippen LogP contribution in [0.1, 0.15) is 26.5 Å². The number of hydrogen-bond acceptors (Lipinski definition) is 3. The Labute approximate surface area is 124 Å². The first-order chi connectivity index (χ1) is 9.61. The van der Waals surface area contributed by atoms with Crippen molar-refractivity contribution >= 4 is 28.4 Å². The van der Waals surface area contributed by atoms with Gasteiger partial charge in [-0.3, -0.25) is 9.48 Å². The number of carbonyl (C=O) groups is 1. The van der Waals surface area contributed by atoms with Gasteiger partial charge in [0.1, 0.15) is 5.78 Å². The van der Waals surface area contributed by atoms with Crippen LogP contribution in [0.3, 0.4) is 0 Å². The first-order valence-corrected chi connectivity index (χ1v) is 8.31. The summed E-state index contributed by atoms with van der Waals surface area (Å²) < 4.78 is 1.97. The van der Waals surface area contributed by atoms with E-state index in [1.165, 1.54) is 0 Å². The average molecular weight is 290 g/mol. The van der Waals surface area contributed by atoms with Gasteiger partial charge in [-0.15, -0.1) is 0 Å². The minimum atomic E-state index is 0.266. The number of hydrogen-bond donors (Lipinski definition) is 0. The van der Waals surface area contributed by atoms with E-state index in [0.29, 0.717) is 18.1 Å². The van der Waals surface area contributed by atoms with Crippen LogP contribution >= 0.6 is 11.8 Å². The number of rotatable bonds is 7. The first-order valence-electron chi connectivity index (χ1n) is 7.15. The summed E-state index contributed by atoms with van der Waals surface area (Å²) in [7, 11) is 0. The third-order valence-corrected chi connectivity index (χ3v) is 4.54. The molecule has 0 saturated heterocycles. The lowest BCUT2D eigenvalue weighted by atomic mass is 10.1. The predicted octanol–water partition coefficient (Wildman–Crippen LogP) is 3.56. The molecule has 0 fully saturated rings. The molecule has 4 heteroatoms. The molecule has 0 bridgehead atoms. The van der Waals surface area contributed by atoms with Gasteiger partial charge in [0.2, 0.25) is 0 Å². The number of fused-ring (bicyclic) bond motifs is 1. The highest BCUT2D eigenvalue weighted by molar-refractivity contribution is 7.99. The smallest absolute Gasteiger partial charge is 0.148 e. The van der Waals surface area contributed by atoms with Crippen molar-refractivity contribution in [3.63, 3.8) is 0 Å². The Kier molecular flexibility index (Phi) is 5.24. The van der Waals surface area contributed by atoms with E-state index in [9.17, 15) is 4.79 Å². The molecule has 0 aliphatic carbocycles. The normalized spacial score (nSPS) is 11.4. The van der Waals surface area contributed by atoms with Crippen LogP contribution in [0.25, 0.3) is 10.9 Å². The summed E-state index contributed by atoms with van der Waals surface area (Å²) in [5.74, 6) is 2.52. The Morgan fingerprint density at radius 1 is 1.35 bits per heavy atom. The maximum absolute atomic E-state index is 12.1. The van der Waals surface area contributed by atoms with Gasteiger partial charge in [-0.2, -0.15) is 16.9 Å². The Morgan fingerprint density at radius 2 is 2.10 bits per heavy atom. The van der Waals surface area contributed by atoms with Crippen LogP contribution in [0.2, 0.25) is 0 Å². The van der Waals surface area contributed by atoms with Gasteiger partial charge in [0.15, 0.2) is 0 Å². The molecule has 0 aliphatic rings. The minimum Gasteiger partial charge on any atom is -0.298 e. The van der Waals surface area contributed by atoms with Crippen molar-refractivity contribution in [1.29, 1.82) is 0 Å². The molecule has 0 N–H and O–H groups in total. The lowest BCUT2D eigenvalue weighted by Gasteiger charge is -2.03. The van der Waals surface area contributed by atoms with E-state index in [4.69, 9.17) is 0 Å². The predicted molar refractivity (Wildman–Crippen MR) is 86.3 cm³/mol. The molecule has 1 aromatic carbocycles. The quantitative estimate of drug-likeness (QED) is 0.782. The molecule has 0 spiro atoms. The summed E-state index contributed by atoms with van der Waals surface area (Å²) in [6, 6.07) is 8.14. The number of para-hydroxylation sites is 1. The second kappa shape index (κ2) is 6.93. The minimum absolute atomic E-state index is 0.266. The van der Waals surface area contributed by atoms with E-state index in [-0.39, 0.29) is 5.78 Å². The summed E-state index contributed by atoms with van der Waals surface area (Å²) in [4.78, 5) is 12.1. The number of ketones is 1. The zero-order valence-corrected chi connectivity index (χ0v) is 13.2. The highest BCUT2D eigenvalue weighted by Gasteiger charge is 2.13. The van der Waals surface area contributed by atoms with Crippen molar-refractivity contribution in [2.45, 2.75) is 33.7 Å². The molecule has 2 aromatic rings. The average Bonchev–Trinajstić information content (AvgIpc) is 2.77. The van der Waals surface area contributed by atoms with Gasteiger partial charge in [-0.1, -0.05) is 32.0 Å². The van der Waals surface area contributed by atoms with Crippen LogP contribution in [0.4, 0.5) is 0 Å². The molecule has 0 radical (unpaired) electrons. The molecule has 0 aliphatic heterocycles. The third kappa shape index (κ3) is 3.63. The van der Waals surface area contributed by atoms with Crippen molar-refractivity contribution in [2.75, 3.05) is 11.5 Å². The van der Waals surface area contributed by atoms with Gasteiger partial charge in [0.05, 0.1) is 23.4 Å². The van der Waals surface area contributed by atoms with Gasteiger partial charge < -0.3 is 0 Å². The van der Waals surface area contributed by atoms with Gasteiger partial charge in [-0.05, 0) is 24.7 Å². The van der Waals surface area contributed by atoms with Gasteiger partial charge in [-0.25, -0.2) is 0 Å². The molecule has 20 heavy (non-hydrogen) atoms. The summed E-state index contributed by atoms with van der Waals surface area (Å²) in [6.07, 6.45) is 0.443. The first kappa shape index (κ1) is 15.1. The van der Waals surface area contributed by atoms with Crippen molar-refractivity contribution in [2.24, 2.45) is 5.92 Å². The van der Waals surface area contributed by atoms with E-state index in [0.717, 1.165) is 28.9 Å². The zero-order valence-electron chi connectivity index (χ0n) is 12.4. The number of Topliss-reactive ketones (excluding diaryl/α,β-unsaturated/α-hetero) is 1. The third-order valence-electron chi connectivity index (χ3n) is 3.11. The van der Waals surface area contributed by atoms with Crippen LogP contribution in [0.15, 0.2) is 24.3 Å². The molecule has 108 valence electrons. The Hall–Kier alpha value is -1.29. The number of aryl methyl sites for hydroxylation is 1. The summed E-state index contributed by atoms with van der Waals surface area (Å²) >= 11 is 1.72. The second-order valence-electron chi connectivity index (χ2n) is 5.40. The number of benzene rings is 1. The van der Waals surface area contributed by atoms with Crippen molar-refractivity contribution in [3.05, 3.63) is 30.0 Å². The lowest BCUT2D eigenvalue weighted by molar-refractivity contribution is -0.116. The van der Waals surface area contributed by atoms with E-state index in [2.05, 4.69) is 38.0 Å². The second-order valence-corrected chi connectivity index (χ2v) is 6.43. The van der Waals surface area contributed by atoms with Crippen LogP contribution in [-0.4, -0.2) is 27.1 Å². The molecule has 0 amide bonds. The Balaban J connectivity index is 2.08. The maximum Gasteiger partial charge on any atom is 0.148 e. The van der Waals surface area contributed by atoms with Gasteiger partial charge in [0, 0.05) is 11.9 Å². The van der Waals surface area contributed by atoms with Gasteiger partial charge >= 0.3 is 0 Å². The summed E-state index contributed by atoms with van der Waals surface area (Å²) in [5.41, 5.74) is 2.03. The Morgan fingerprint density at radius 3 is 2.80 bits per heavy atom. The number of thioether (sulfide) groups is 1. The molecular weight excluding hydrogens is 268 g/mol. The van der Waals surface area contributed by atoms with Crippen LogP contribution in [0.5, 0.6) is 0 Å². The van der Waals surface area contributed by atoms with E-state index in [1.54, 1.807) is 11.8 Å². The topological polar surface area (TPSA) is 34.9 Å². The molecule has 1 aromatic heterocycles. The number of carbonyl (C=O) groups excluding carboxylic acids is 1. The van der Waals surface area contributed by atoms with Crippen LogP contribution in [0, 0.1) is 5.92 Å². The molecule has 2 rings (SSSR count). The summed E-state index contributed by atoms with van der Waals surface area (Å²) in [5, 5.41) is 5.69. The molecule has 1 heterocycles. The molecule has 0 atom stereocenters. The Bertz CT molecular complexity index is 589. The van der Waals surface area contributed by atoms with Gasteiger partial charge in [0.25, 0.3) is 0 Å². The molecule has 0 unspecified atom stereocenters. The molecular formula is C16H22N2OS. The van der Waals surface area contributed by atoms with Crippen LogP contribution in [-0.2, 0) is 17.8 Å². The number of nitrogens with zero attached hydrogens (tertiary/aromatic N) is 2. The zero-order chi connectivity index (χ0) is 14.5. The fraction of sp³-hybridized carbons (Fsp3) is 0.500. The number of aromatic nitrogens is 2. The van der Waals surface area contributed by atoms with Crippen molar-refractivity contribution in [1.82, 2.24) is 9.78 Å². The summed E-state index contributed by atoms with van der Waals surface area (Å²) in [6.45, 7) is 7.25. The highest BCUT2D eigenvalue weighted by Crippen LogP contribution is 2.19. The highest BCUT2D eigenvalue weighted by atomic mass is 32.2. The van der Waals surface area contributed by atoms with Crippen molar-refractivity contribution < 1.29 is 4.79 Å². The standard InChI is InChI=1S/C16H22N2OS/c1-4-18-16-8-6-5-7-14(16)15(17-18)9-13(19)11-20-10-12(2)3/h5-8,12H,4,9-11H2,1-3H3. The fourth-order valence-electron chi connectivity index (χ4n) is 2.21. The maximum atomic E-state index is 12.1. The largest absolute Gasteiger partial charge is 0.298 e. The van der Waals surface area contributed by atoms with E-state index >= 15 is 0 Å². The molecule has 0 saturated carbocycles. The fourth-order valence-corrected chi connectivity index (χ4v) is 3.13. The van der Waals surface area contributed by atoms with E-state index < -0.39 is 0 Å².